The third-order valence-corrected chi connectivity index (χ3v) is 6.18. The first kappa shape index (κ1) is 17.8. The molecule has 0 spiro atoms. The Morgan fingerprint density at radius 2 is 1.88 bits per heavy atom. The number of hydrogen-bond acceptors (Lipinski definition) is 6. The molecule has 0 saturated carbocycles. The van der Waals surface area contributed by atoms with Crippen LogP contribution in [0.2, 0.25) is 0 Å². The van der Waals surface area contributed by atoms with Crippen LogP contribution in [-0.4, -0.2) is 76.4 Å². The molecular formula is C16H23N5O3S. The van der Waals surface area contributed by atoms with Gasteiger partial charge in [0.2, 0.25) is 0 Å². The number of rotatable bonds is 5. The lowest BCUT2D eigenvalue weighted by Crippen LogP contribution is -2.43. The van der Waals surface area contributed by atoms with Gasteiger partial charge in [-0.1, -0.05) is 13.8 Å². The second-order valence-corrected chi connectivity index (χ2v) is 8.50. The van der Waals surface area contributed by atoms with Gasteiger partial charge >= 0.3 is 0 Å². The summed E-state index contributed by atoms with van der Waals surface area (Å²) < 4.78 is 24.7. The van der Waals surface area contributed by atoms with Gasteiger partial charge in [0, 0.05) is 37.6 Å². The van der Waals surface area contributed by atoms with Crippen LogP contribution in [0.3, 0.4) is 0 Å². The second kappa shape index (κ2) is 7.09. The number of carbonyl (C=O) groups excluding carboxylic acids is 1. The standard InChI is InChI=1S/C16H23N5O3S/c1-3-19(4-2)11-13-9-17-15-14(10-18-21(15)12-13)16(22)20-5-7-25(23,24)8-6-20/h9-10,12H,3-8,11H2,1-2H3. The molecule has 1 fully saturated rings. The molecule has 136 valence electrons. The number of nitrogens with zero attached hydrogens (tertiary/aromatic N) is 5. The highest BCUT2D eigenvalue weighted by Crippen LogP contribution is 2.15. The van der Waals surface area contributed by atoms with Gasteiger partial charge in [-0.25, -0.2) is 17.9 Å². The summed E-state index contributed by atoms with van der Waals surface area (Å²) in [5, 5.41) is 4.25. The Bertz CT molecular complexity index is 859. The molecule has 1 saturated heterocycles. The molecule has 2 aromatic rings. The van der Waals surface area contributed by atoms with E-state index in [0.29, 0.717) is 11.2 Å². The monoisotopic (exact) mass is 365 g/mol. The Labute approximate surface area is 147 Å². The van der Waals surface area contributed by atoms with Crippen LogP contribution >= 0.6 is 0 Å². The van der Waals surface area contributed by atoms with E-state index in [0.717, 1.165) is 25.2 Å². The van der Waals surface area contributed by atoms with Crippen molar-refractivity contribution in [3.63, 3.8) is 0 Å². The van der Waals surface area contributed by atoms with Crippen molar-refractivity contribution in [2.24, 2.45) is 0 Å². The number of hydrogen-bond donors (Lipinski definition) is 0. The minimum atomic E-state index is -3.02. The maximum absolute atomic E-state index is 12.7. The topological polar surface area (TPSA) is 87.9 Å². The maximum atomic E-state index is 12.7. The van der Waals surface area contributed by atoms with Crippen LogP contribution in [0.15, 0.2) is 18.6 Å². The molecule has 9 heteroatoms. The molecule has 25 heavy (non-hydrogen) atoms. The molecule has 1 amide bonds. The first-order valence-electron chi connectivity index (χ1n) is 8.48. The molecule has 0 unspecified atom stereocenters. The second-order valence-electron chi connectivity index (χ2n) is 6.19. The summed E-state index contributed by atoms with van der Waals surface area (Å²) in [6.07, 6.45) is 5.17. The zero-order valence-electron chi connectivity index (χ0n) is 14.6. The molecule has 0 aliphatic carbocycles. The van der Waals surface area contributed by atoms with Gasteiger partial charge in [-0.2, -0.15) is 5.10 Å². The van der Waals surface area contributed by atoms with Crippen LogP contribution in [0.4, 0.5) is 0 Å². The zero-order chi connectivity index (χ0) is 18.0. The van der Waals surface area contributed by atoms with Crippen LogP contribution in [0.5, 0.6) is 0 Å². The highest BCUT2D eigenvalue weighted by Gasteiger charge is 2.27. The minimum Gasteiger partial charge on any atom is -0.336 e. The fourth-order valence-corrected chi connectivity index (χ4v) is 4.14. The van der Waals surface area contributed by atoms with Crippen LogP contribution in [0, 0.1) is 0 Å². The molecule has 8 nitrogen and oxygen atoms in total. The summed E-state index contributed by atoms with van der Waals surface area (Å²) in [6.45, 7) is 7.35. The smallest absolute Gasteiger partial charge is 0.259 e. The number of aromatic nitrogens is 3. The molecule has 0 bridgehead atoms. The lowest BCUT2D eigenvalue weighted by atomic mass is 10.2. The molecule has 3 rings (SSSR count). The fraction of sp³-hybridized carbons (Fsp3) is 0.562. The lowest BCUT2D eigenvalue weighted by Gasteiger charge is -2.26. The van der Waals surface area contributed by atoms with Gasteiger partial charge in [0.05, 0.1) is 17.7 Å². The van der Waals surface area contributed by atoms with E-state index in [9.17, 15) is 13.2 Å². The van der Waals surface area contributed by atoms with E-state index in [-0.39, 0.29) is 30.5 Å². The molecular weight excluding hydrogens is 342 g/mol. The van der Waals surface area contributed by atoms with Crippen molar-refractivity contribution in [2.75, 3.05) is 37.7 Å². The molecule has 1 aliphatic heterocycles. The Hall–Kier alpha value is -2.00. The molecule has 2 aromatic heterocycles. The van der Waals surface area contributed by atoms with E-state index in [2.05, 4.69) is 28.8 Å². The van der Waals surface area contributed by atoms with Crippen molar-refractivity contribution >= 4 is 21.4 Å². The van der Waals surface area contributed by atoms with Crippen molar-refractivity contribution in [3.8, 4) is 0 Å². The molecule has 0 aromatic carbocycles. The van der Waals surface area contributed by atoms with Crippen molar-refractivity contribution < 1.29 is 13.2 Å². The van der Waals surface area contributed by atoms with Gasteiger partial charge in [-0.15, -0.1) is 0 Å². The number of carbonyl (C=O) groups is 1. The normalized spacial score (nSPS) is 17.3. The average molecular weight is 365 g/mol. The molecule has 0 atom stereocenters. The van der Waals surface area contributed by atoms with Gasteiger partial charge < -0.3 is 4.90 Å². The Balaban J connectivity index is 1.80. The SMILES string of the molecule is CCN(CC)Cc1cnc2c(C(=O)N3CCS(=O)(=O)CC3)cnn2c1. The maximum Gasteiger partial charge on any atom is 0.259 e. The van der Waals surface area contributed by atoms with E-state index < -0.39 is 9.84 Å². The highest BCUT2D eigenvalue weighted by atomic mass is 32.2. The average Bonchev–Trinajstić information content (AvgIpc) is 3.02. The minimum absolute atomic E-state index is 0.0133. The van der Waals surface area contributed by atoms with Crippen LogP contribution in [0.25, 0.3) is 5.65 Å². The Kier molecular flexibility index (Phi) is 5.05. The summed E-state index contributed by atoms with van der Waals surface area (Å²) in [6, 6.07) is 0. The van der Waals surface area contributed by atoms with Crippen molar-refractivity contribution in [3.05, 3.63) is 29.7 Å². The van der Waals surface area contributed by atoms with E-state index in [1.165, 1.54) is 6.20 Å². The summed E-state index contributed by atoms with van der Waals surface area (Å²) in [5.74, 6) is -0.187. The van der Waals surface area contributed by atoms with Crippen molar-refractivity contribution in [1.82, 2.24) is 24.4 Å². The molecule has 0 N–H and O–H groups in total. The van der Waals surface area contributed by atoms with E-state index in [4.69, 9.17) is 0 Å². The summed E-state index contributed by atoms with van der Waals surface area (Å²) in [7, 11) is -3.02. The summed E-state index contributed by atoms with van der Waals surface area (Å²) in [4.78, 5) is 20.9. The predicted molar refractivity (Wildman–Crippen MR) is 94.2 cm³/mol. The van der Waals surface area contributed by atoms with Gasteiger partial charge in [0.1, 0.15) is 5.56 Å². The highest BCUT2D eigenvalue weighted by molar-refractivity contribution is 7.91. The van der Waals surface area contributed by atoms with E-state index >= 15 is 0 Å². The van der Waals surface area contributed by atoms with Crippen LogP contribution in [-0.2, 0) is 16.4 Å². The fourth-order valence-electron chi connectivity index (χ4n) is 2.94. The first-order chi connectivity index (χ1) is 11.9. The Morgan fingerprint density at radius 3 is 2.52 bits per heavy atom. The van der Waals surface area contributed by atoms with Gasteiger partial charge in [-0.05, 0) is 13.1 Å². The first-order valence-corrected chi connectivity index (χ1v) is 10.3. The third kappa shape index (κ3) is 3.82. The van der Waals surface area contributed by atoms with Crippen molar-refractivity contribution in [2.45, 2.75) is 20.4 Å². The number of sulfone groups is 1. The summed E-state index contributed by atoms with van der Waals surface area (Å²) in [5.41, 5.74) is 1.94. The zero-order valence-corrected chi connectivity index (χ0v) is 15.4. The van der Waals surface area contributed by atoms with Gasteiger partial charge in [-0.3, -0.25) is 9.69 Å². The quantitative estimate of drug-likeness (QED) is 0.764. The molecule has 0 radical (unpaired) electrons. The molecule has 1 aliphatic rings. The van der Waals surface area contributed by atoms with Crippen LogP contribution in [0.1, 0.15) is 29.8 Å². The van der Waals surface area contributed by atoms with E-state index in [1.54, 1.807) is 15.6 Å². The largest absolute Gasteiger partial charge is 0.336 e. The third-order valence-electron chi connectivity index (χ3n) is 4.57. The molecule has 3 heterocycles. The van der Waals surface area contributed by atoms with Crippen molar-refractivity contribution in [1.29, 1.82) is 0 Å². The Morgan fingerprint density at radius 1 is 1.20 bits per heavy atom. The van der Waals surface area contributed by atoms with Crippen LogP contribution < -0.4 is 0 Å². The van der Waals surface area contributed by atoms with Gasteiger partial charge in [0.15, 0.2) is 15.5 Å². The van der Waals surface area contributed by atoms with E-state index in [1.807, 2.05) is 6.20 Å². The lowest BCUT2D eigenvalue weighted by molar-refractivity contribution is 0.0772. The number of fused-ring (bicyclic) bond motifs is 1. The number of amides is 1. The van der Waals surface area contributed by atoms with Gasteiger partial charge in [0.25, 0.3) is 5.91 Å². The predicted octanol–water partition coefficient (Wildman–Crippen LogP) is 0.442. The summed E-state index contributed by atoms with van der Waals surface area (Å²) >= 11 is 0.